The molecule has 5 atom stereocenters. The number of hydrogen-bond acceptors (Lipinski definition) is 9. The molecule has 3 rings (SSSR count). The molecule has 10 heteroatoms. The SMILES string of the molecule is CCCCOC1[C@H](O)C(COC(=O)CCl)O[C@@H](Oc2ccc(OC)cc2)[C@H]1OC(=O)c1ccccc1. The second-order valence-corrected chi connectivity index (χ2v) is 8.34. The summed E-state index contributed by atoms with van der Waals surface area (Å²) in [6.45, 7) is 2.02. The van der Waals surface area contributed by atoms with E-state index >= 15 is 0 Å². The van der Waals surface area contributed by atoms with E-state index in [1.807, 2.05) is 6.92 Å². The zero-order valence-corrected chi connectivity index (χ0v) is 21.0. The Labute approximate surface area is 215 Å². The lowest BCUT2D eigenvalue weighted by Crippen LogP contribution is -2.62. The Morgan fingerprint density at radius 3 is 2.36 bits per heavy atom. The number of ether oxygens (including phenoxy) is 6. The summed E-state index contributed by atoms with van der Waals surface area (Å²) in [5.41, 5.74) is 0.320. The summed E-state index contributed by atoms with van der Waals surface area (Å²) in [7, 11) is 1.55. The van der Waals surface area contributed by atoms with Crippen molar-refractivity contribution in [2.24, 2.45) is 0 Å². The first-order valence-electron chi connectivity index (χ1n) is 11.7. The third kappa shape index (κ3) is 7.57. The van der Waals surface area contributed by atoms with Crippen molar-refractivity contribution in [3.8, 4) is 11.5 Å². The molecule has 0 saturated carbocycles. The molecule has 1 aliphatic heterocycles. The van der Waals surface area contributed by atoms with E-state index in [2.05, 4.69) is 0 Å². The summed E-state index contributed by atoms with van der Waals surface area (Å²) in [4.78, 5) is 24.6. The van der Waals surface area contributed by atoms with Gasteiger partial charge in [-0.05, 0) is 42.8 Å². The minimum atomic E-state index is -1.28. The molecule has 0 radical (unpaired) electrons. The molecular formula is C26H31ClO9. The van der Waals surface area contributed by atoms with E-state index in [-0.39, 0.29) is 12.5 Å². The maximum Gasteiger partial charge on any atom is 0.338 e. The van der Waals surface area contributed by atoms with E-state index in [1.165, 1.54) is 0 Å². The van der Waals surface area contributed by atoms with Gasteiger partial charge in [0.2, 0.25) is 6.29 Å². The number of carbonyl (C=O) groups excluding carboxylic acids is 2. The highest BCUT2D eigenvalue weighted by atomic mass is 35.5. The summed E-state index contributed by atoms with van der Waals surface area (Å²) in [5, 5.41) is 11.1. The first-order valence-corrected chi connectivity index (χ1v) is 12.2. The summed E-state index contributed by atoms with van der Waals surface area (Å²) in [5.74, 6) is -0.609. The van der Waals surface area contributed by atoms with Crippen molar-refractivity contribution in [3.63, 3.8) is 0 Å². The predicted molar refractivity (Wildman–Crippen MR) is 130 cm³/mol. The molecule has 1 aliphatic rings. The third-order valence-corrected chi connectivity index (χ3v) is 5.73. The largest absolute Gasteiger partial charge is 0.497 e. The number of benzene rings is 2. The standard InChI is InChI=1S/C26H31ClO9/c1-3-4-14-32-23-22(29)20(16-33-21(28)15-27)35-26(34-19-12-10-18(31-2)11-13-19)24(23)36-25(30)17-8-6-5-7-9-17/h5-13,20,22-24,26,29H,3-4,14-16H2,1-2H3/t20?,22-,23?,24+,26-/m1/s1. The van der Waals surface area contributed by atoms with Crippen LogP contribution in [0, 0.1) is 0 Å². The molecule has 1 N–H and O–H groups in total. The molecule has 36 heavy (non-hydrogen) atoms. The first-order chi connectivity index (χ1) is 17.5. The Hall–Kier alpha value is -2.85. The fraction of sp³-hybridized carbons (Fsp3) is 0.462. The van der Waals surface area contributed by atoms with Gasteiger partial charge in [-0.3, -0.25) is 4.79 Å². The highest BCUT2D eigenvalue weighted by Crippen LogP contribution is 2.30. The van der Waals surface area contributed by atoms with Crippen LogP contribution in [-0.4, -0.2) is 74.0 Å². The molecule has 2 unspecified atom stereocenters. The number of esters is 2. The van der Waals surface area contributed by atoms with Gasteiger partial charge in [0.1, 0.15) is 42.3 Å². The molecule has 0 aliphatic carbocycles. The van der Waals surface area contributed by atoms with E-state index in [4.69, 9.17) is 40.0 Å². The van der Waals surface area contributed by atoms with Gasteiger partial charge in [-0.25, -0.2) is 4.79 Å². The molecule has 1 saturated heterocycles. The first kappa shape index (κ1) is 27.7. The summed E-state index contributed by atoms with van der Waals surface area (Å²) in [6, 6.07) is 15.2. The van der Waals surface area contributed by atoms with Crippen molar-refractivity contribution in [2.45, 2.75) is 50.5 Å². The second kappa shape index (κ2) is 14.0. The smallest absolute Gasteiger partial charge is 0.338 e. The van der Waals surface area contributed by atoms with Gasteiger partial charge in [0, 0.05) is 6.61 Å². The Morgan fingerprint density at radius 1 is 1.03 bits per heavy atom. The minimum Gasteiger partial charge on any atom is -0.497 e. The average Bonchev–Trinajstić information content (AvgIpc) is 2.91. The van der Waals surface area contributed by atoms with Gasteiger partial charge in [-0.15, -0.1) is 11.6 Å². The molecule has 0 amide bonds. The molecule has 1 fully saturated rings. The van der Waals surface area contributed by atoms with Gasteiger partial charge in [0.25, 0.3) is 0 Å². The van der Waals surface area contributed by atoms with Crippen LogP contribution >= 0.6 is 11.6 Å². The van der Waals surface area contributed by atoms with Crippen LogP contribution in [0.1, 0.15) is 30.1 Å². The van der Waals surface area contributed by atoms with Crippen molar-refractivity contribution in [3.05, 3.63) is 60.2 Å². The average molecular weight is 523 g/mol. The number of hydrogen-bond donors (Lipinski definition) is 1. The summed E-state index contributed by atoms with van der Waals surface area (Å²) >= 11 is 5.52. The molecule has 1 heterocycles. The maximum absolute atomic E-state index is 12.9. The van der Waals surface area contributed by atoms with Gasteiger partial charge >= 0.3 is 11.9 Å². The molecular weight excluding hydrogens is 492 g/mol. The van der Waals surface area contributed by atoms with Crippen molar-refractivity contribution in [2.75, 3.05) is 26.2 Å². The second-order valence-electron chi connectivity index (χ2n) is 8.07. The van der Waals surface area contributed by atoms with E-state index in [0.717, 1.165) is 12.8 Å². The van der Waals surface area contributed by atoms with Crippen molar-refractivity contribution in [1.29, 1.82) is 0 Å². The lowest BCUT2D eigenvalue weighted by molar-refractivity contribution is -0.285. The number of methoxy groups -OCH3 is 1. The minimum absolute atomic E-state index is 0.290. The molecule has 2 aromatic rings. The Kier molecular flexibility index (Phi) is 10.8. The zero-order valence-electron chi connectivity index (χ0n) is 20.2. The van der Waals surface area contributed by atoms with E-state index in [1.54, 1.807) is 61.7 Å². The molecule has 9 nitrogen and oxygen atoms in total. The quantitative estimate of drug-likeness (QED) is 0.255. The predicted octanol–water partition coefficient (Wildman–Crippen LogP) is 3.35. The van der Waals surface area contributed by atoms with Crippen LogP contribution in [0.15, 0.2) is 54.6 Å². The lowest BCUT2D eigenvalue weighted by Gasteiger charge is -2.43. The summed E-state index contributed by atoms with van der Waals surface area (Å²) in [6.07, 6.45) is -4.04. The van der Waals surface area contributed by atoms with E-state index in [0.29, 0.717) is 23.7 Å². The zero-order chi connectivity index (χ0) is 25.9. The molecule has 2 aromatic carbocycles. The van der Waals surface area contributed by atoms with Crippen LogP contribution in [0.4, 0.5) is 0 Å². The maximum atomic E-state index is 12.9. The topological polar surface area (TPSA) is 110 Å². The fourth-order valence-electron chi connectivity index (χ4n) is 3.57. The van der Waals surface area contributed by atoms with E-state index < -0.39 is 42.6 Å². The Balaban J connectivity index is 1.89. The van der Waals surface area contributed by atoms with Crippen molar-refractivity contribution < 1.29 is 43.1 Å². The molecule has 0 spiro atoms. The number of carbonyl (C=O) groups is 2. The highest BCUT2D eigenvalue weighted by Gasteiger charge is 2.50. The molecule has 196 valence electrons. The number of aliphatic hydroxyl groups is 1. The number of alkyl halides is 1. The number of unbranched alkanes of at least 4 members (excludes halogenated alkanes) is 1. The van der Waals surface area contributed by atoms with Gasteiger partial charge in [-0.2, -0.15) is 0 Å². The monoisotopic (exact) mass is 522 g/mol. The Bertz CT molecular complexity index is 954. The third-order valence-electron chi connectivity index (χ3n) is 5.51. The number of aliphatic hydroxyl groups excluding tert-OH is 1. The van der Waals surface area contributed by atoms with Crippen LogP contribution in [-0.2, 0) is 23.7 Å². The number of rotatable bonds is 12. The van der Waals surface area contributed by atoms with Crippen LogP contribution in [0.3, 0.4) is 0 Å². The van der Waals surface area contributed by atoms with Gasteiger partial charge in [0.05, 0.1) is 12.7 Å². The van der Waals surface area contributed by atoms with Gasteiger partial charge in [-0.1, -0.05) is 31.5 Å². The summed E-state index contributed by atoms with van der Waals surface area (Å²) < 4.78 is 34.0. The van der Waals surface area contributed by atoms with Crippen LogP contribution in [0.2, 0.25) is 0 Å². The highest BCUT2D eigenvalue weighted by molar-refractivity contribution is 6.26. The van der Waals surface area contributed by atoms with Gasteiger partial charge in [0.15, 0.2) is 6.10 Å². The number of halogens is 1. The molecule has 0 aromatic heterocycles. The van der Waals surface area contributed by atoms with E-state index in [9.17, 15) is 14.7 Å². The van der Waals surface area contributed by atoms with Gasteiger partial charge < -0.3 is 33.5 Å². The van der Waals surface area contributed by atoms with Crippen molar-refractivity contribution in [1.82, 2.24) is 0 Å². The lowest BCUT2D eigenvalue weighted by atomic mass is 9.98. The van der Waals surface area contributed by atoms with Crippen LogP contribution in [0.5, 0.6) is 11.5 Å². The van der Waals surface area contributed by atoms with Crippen LogP contribution < -0.4 is 9.47 Å². The van der Waals surface area contributed by atoms with Crippen LogP contribution in [0.25, 0.3) is 0 Å². The van der Waals surface area contributed by atoms with Crippen molar-refractivity contribution >= 4 is 23.5 Å². The normalized spacial score (nSPS) is 23.5. The fourth-order valence-corrected chi connectivity index (χ4v) is 3.65. The Morgan fingerprint density at radius 2 is 1.72 bits per heavy atom. The molecule has 0 bridgehead atoms.